The molecule has 0 spiro atoms. The van der Waals surface area contributed by atoms with Gasteiger partial charge in [0.05, 0.1) is 0 Å². The number of guanidine groups is 1. The van der Waals surface area contributed by atoms with Crippen LogP contribution in [0, 0.1) is 6.92 Å². The lowest BCUT2D eigenvalue weighted by Crippen LogP contribution is -2.43. The third-order valence-electron chi connectivity index (χ3n) is 5.36. The quantitative estimate of drug-likeness (QED) is 0.307. The maximum atomic E-state index is 4.49. The van der Waals surface area contributed by atoms with E-state index in [0.29, 0.717) is 0 Å². The minimum absolute atomic E-state index is 0. The molecular formula is C18H33IN6. The van der Waals surface area contributed by atoms with E-state index in [-0.39, 0.29) is 24.0 Å². The van der Waals surface area contributed by atoms with Gasteiger partial charge in [-0.3, -0.25) is 9.89 Å². The molecular weight excluding hydrogens is 427 g/mol. The van der Waals surface area contributed by atoms with Crippen molar-refractivity contribution in [3.63, 3.8) is 0 Å². The molecule has 1 atom stereocenters. The molecule has 0 saturated carbocycles. The summed E-state index contributed by atoms with van der Waals surface area (Å²) in [5.41, 5.74) is 0. The lowest BCUT2D eigenvalue weighted by Gasteiger charge is -2.25. The summed E-state index contributed by atoms with van der Waals surface area (Å²) in [4.78, 5) is 13.9. The average molecular weight is 460 g/mol. The van der Waals surface area contributed by atoms with Gasteiger partial charge in [-0.05, 0) is 52.1 Å². The van der Waals surface area contributed by atoms with E-state index in [1.807, 2.05) is 13.2 Å². The van der Waals surface area contributed by atoms with E-state index in [4.69, 9.17) is 0 Å². The Bertz CT molecular complexity index is 537. The third-order valence-corrected chi connectivity index (χ3v) is 5.36. The number of halogens is 1. The van der Waals surface area contributed by atoms with Gasteiger partial charge in [-0.15, -0.1) is 24.0 Å². The predicted molar refractivity (Wildman–Crippen MR) is 114 cm³/mol. The van der Waals surface area contributed by atoms with Crippen molar-refractivity contribution in [1.29, 1.82) is 0 Å². The smallest absolute Gasteiger partial charge is 0.193 e. The predicted octanol–water partition coefficient (Wildman–Crippen LogP) is 2.34. The summed E-state index contributed by atoms with van der Waals surface area (Å²) in [6.07, 6.45) is 10.3. The van der Waals surface area contributed by atoms with Crippen molar-refractivity contribution < 1.29 is 0 Å². The fraction of sp³-hybridized carbons (Fsp3) is 0.778. The second-order valence-corrected chi connectivity index (χ2v) is 6.98. The summed E-state index contributed by atoms with van der Waals surface area (Å²) in [5, 5.41) is 3.55. The molecule has 1 aromatic heterocycles. The number of hydrogen-bond donors (Lipinski definition) is 1. The van der Waals surface area contributed by atoms with Crippen LogP contribution in [0.5, 0.6) is 0 Å². The zero-order chi connectivity index (χ0) is 16.8. The minimum Gasteiger partial charge on any atom is -0.356 e. The molecule has 2 aliphatic rings. The number of aryl methyl sites for hydroxylation is 2. The van der Waals surface area contributed by atoms with Gasteiger partial charge >= 0.3 is 0 Å². The van der Waals surface area contributed by atoms with E-state index in [0.717, 1.165) is 56.8 Å². The third kappa shape index (κ3) is 5.57. The van der Waals surface area contributed by atoms with Crippen LogP contribution in [0.4, 0.5) is 0 Å². The van der Waals surface area contributed by atoms with Crippen LogP contribution in [0.3, 0.4) is 0 Å². The van der Waals surface area contributed by atoms with Crippen LogP contribution >= 0.6 is 24.0 Å². The molecule has 2 aliphatic heterocycles. The lowest BCUT2D eigenvalue weighted by molar-refractivity contribution is 0.249. The zero-order valence-electron chi connectivity index (χ0n) is 15.7. The van der Waals surface area contributed by atoms with E-state index in [9.17, 15) is 0 Å². The summed E-state index contributed by atoms with van der Waals surface area (Å²) in [6, 6.07) is 0.732. The van der Waals surface area contributed by atoms with Crippen molar-refractivity contribution in [3.8, 4) is 0 Å². The summed E-state index contributed by atoms with van der Waals surface area (Å²) in [5.74, 6) is 2.18. The molecule has 7 heteroatoms. The Morgan fingerprint density at radius 1 is 1.28 bits per heavy atom. The van der Waals surface area contributed by atoms with E-state index < -0.39 is 0 Å². The van der Waals surface area contributed by atoms with Crippen molar-refractivity contribution in [2.24, 2.45) is 4.99 Å². The first-order valence-corrected chi connectivity index (χ1v) is 9.45. The number of unbranched alkanes of at least 4 members (excludes halogenated alkanes) is 1. The number of nitrogens with one attached hydrogen (secondary N) is 1. The van der Waals surface area contributed by atoms with Crippen molar-refractivity contribution in [3.05, 3.63) is 18.2 Å². The second kappa shape index (κ2) is 10.4. The highest BCUT2D eigenvalue weighted by molar-refractivity contribution is 14.0. The molecule has 1 aromatic rings. The number of rotatable bonds is 6. The first kappa shape index (κ1) is 20.5. The normalized spacial score (nSPS) is 21.6. The van der Waals surface area contributed by atoms with Crippen LogP contribution in [-0.2, 0) is 6.54 Å². The number of aliphatic imine (C=N–C) groups is 1. The largest absolute Gasteiger partial charge is 0.356 e. The van der Waals surface area contributed by atoms with Gasteiger partial charge in [0.1, 0.15) is 5.82 Å². The van der Waals surface area contributed by atoms with Crippen LogP contribution in [0.2, 0.25) is 0 Å². The minimum atomic E-state index is 0. The van der Waals surface area contributed by atoms with Gasteiger partial charge in [-0.1, -0.05) is 0 Å². The Hall–Kier alpha value is -0.830. The molecule has 0 aliphatic carbocycles. The lowest BCUT2D eigenvalue weighted by atomic mass is 10.2. The Labute approximate surface area is 169 Å². The SMILES string of the molecule is CN=C(NCCCCn1ccnc1C)N1CCC(N2CCCC2)C1.I. The number of likely N-dealkylation sites (tertiary alicyclic amines) is 2. The van der Waals surface area contributed by atoms with Gasteiger partial charge in [-0.2, -0.15) is 0 Å². The molecule has 0 bridgehead atoms. The molecule has 3 rings (SSSR count). The Kier molecular flexibility index (Phi) is 8.48. The number of aromatic nitrogens is 2. The molecule has 2 saturated heterocycles. The molecule has 3 heterocycles. The van der Waals surface area contributed by atoms with E-state index in [1.165, 1.54) is 32.4 Å². The molecule has 6 nitrogen and oxygen atoms in total. The maximum Gasteiger partial charge on any atom is 0.193 e. The number of hydrogen-bond acceptors (Lipinski definition) is 3. The van der Waals surface area contributed by atoms with Gasteiger partial charge in [0.15, 0.2) is 5.96 Å². The molecule has 2 fully saturated rings. The van der Waals surface area contributed by atoms with Crippen molar-refractivity contribution in [1.82, 2.24) is 24.7 Å². The number of nitrogens with zero attached hydrogens (tertiary/aromatic N) is 5. The van der Waals surface area contributed by atoms with Crippen LogP contribution in [0.15, 0.2) is 17.4 Å². The van der Waals surface area contributed by atoms with Crippen molar-refractivity contribution in [2.75, 3.05) is 39.8 Å². The Balaban J connectivity index is 0.00000225. The molecule has 1 N–H and O–H groups in total. The molecule has 0 aromatic carbocycles. The average Bonchev–Trinajstić information content (AvgIpc) is 3.32. The van der Waals surface area contributed by atoms with Gasteiger partial charge < -0.3 is 14.8 Å². The standard InChI is InChI=1S/C18H32N6.HI/c1-16-20-9-14-22(16)10-4-3-8-21-18(19-2)24-13-7-17(15-24)23-11-5-6-12-23;/h9,14,17H,3-8,10-13,15H2,1-2H3,(H,19,21);1H. The molecule has 142 valence electrons. The van der Waals surface area contributed by atoms with Crippen molar-refractivity contribution in [2.45, 2.75) is 51.6 Å². The van der Waals surface area contributed by atoms with Crippen molar-refractivity contribution >= 4 is 29.9 Å². The molecule has 0 radical (unpaired) electrons. The fourth-order valence-corrected chi connectivity index (χ4v) is 3.92. The van der Waals surface area contributed by atoms with Gasteiger partial charge in [0.25, 0.3) is 0 Å². The van der Waals surface area contributed by atoms with Crippen LogP contribution < -0.4 is 5.32 Å². The summed E-state index contributed by atoms with van der Waals surface area (Å²) >= 11 is 0. The van der Waals surface area contributed by atoms with Crippen LogP contribution in [-0.4, -0.2) is 71.1 Å². The fourth-order valence-electron chi connectivity index (χ4n) is 3.92. The van der Waals surface area contributed by atoms with Gasteiger partial charge in [-0.25, -0.2) is 4.98 Å². The van der Waals surface area contributed by atoms with Gasteiger partial charge in [0, 0.05) is 51.7 Å². The highest BCUT2D eigenvalue weighted by atomic mass is 127. The highest BCUT2D eigenvalue weighted by Gasteiger charge is 2.30. The monoisotopic (exact) mass is 460 g/mol. The highest BCUT2D eigenvalue weighted by Crippen LogP contribution is 2.20. The summed E-state index contributed by atoms with van der Waals surface area (Å²) in [7, 11) is 1.90. The van der Waals surface area contributed by atoms with Crippen LogP contribution in [0.25, 0.3) is 0 Å². The molecule has 0 amide bonds. The second-order valence-electron chi connectivity index (χ2n) is 6.98. The number of imidazole rings is 1. The van der Waals surface area contributed by atoms with Crippen LogP contribution in [0.1, 0.15) is 37.9 Å². The summed E-state index contributed by atoms with van der Waals surface area (Å²) in [6.45, 7) is 8.95. The zero-order valence-corrected chi connectivity index (χ0v) is 18.0. The first-order chi connectivity index (χ1) is 11.8. The maximum absolute atomic E-state index is 4.49. The van der Waals surface area contributed by atoms with E-state index in [2.05, 4.69) is 42.8 Å². The topological polar surface area (TPSA) is 48.7 Å². The first-order valence-electron chi connectivity index (χ1n) is 9.45. The van der Waals surface area contributed by atoms with E-state index in [1.54, 1.807) is 0 Å². The molecule has 1 unspecified atom stereocenters. The molecule has 25 heavy (non-hydrogen) atoms. The van der Waals surface area contributed by atoms with E-state index >= 15 is 0 Å². The Morgan fingerprint density at radius 2 is 2.08 bits per heavy atom. The Morgan fingerprint density at radius 3 is 2.76 bits per heavy atom. The van der Waals surface area contributed by atoms with Gasteiger partial charge in [0.2, 0.25) is 0 Å². The summed E-state index contributed by atoms with van der Waals surface area (Å²) < 4.78 is 2.22.